The third kappa shape index (κ3) is 2.40. The fourth-order valence-electron chi connectivity index (χ4n) is 2.45. The summed E-state index contributed by atoms with van der Waals surface area (Å²) < 4.78 is 5.49. The van der Waals surface area contributed by atoms with Gasteiger partial charge < -0.3 is 9.84 Å². The van der Waals surface area contributed by atoms with Crippen LogP contribution in [0.1, 0.15) is 20.3 Å². The molecule has 1 heterocycles. The third-order valence-electron chi connectivity index (χ3n) is 3.60. The van der Waals surface area contributed by atoms with E-state index in [1.54, 1.807) is 12.3 Å². The molecule has 2 rings (SSSR count). The maximum absolute atomic E-state index is 11.2. The molecule has 0 saturated heterocycles. The van der Waals surface area contributed by atoms with Gasteiger partial charge in [0.2, 0.25) is 0 Å². The minimum atomic E-state index is -0.166. The summed E-state index contributed by atoms with van der Waals surface area (Å²) in [6.45, 7) is 4.12. The van der Waals surface area contributed by atoms with Gasteiger partial charge in [0.15, 0.2) is 0 Å². The van der Waals surface area contributed by atoms with Crippen LogP contribution in [0.25, 0.3) is 0 Å². The SMILES string of the molecule is CC1(C)C=CC(O)=C(C=O)C1CC1C=CC=CO1. The van der Waals surface area contributed by atoms with Gasteiger partial charge >= 0.3 is 0 Å². The van der Waals surface area contributed by atoms with Crippen molar-refractivity contribution in [2.45, 2.75) is 26.4 Å². The van der Waals surface area contributed by atoms with Crippen molar-refractivity contribution in [1.29, 1.82) is 0 Å². The van der Waals surface area contributed by atoms with E-state index in [-0.39, 0.29) is 23.2 Å². The standard InChI is InChI=1S/C15H18O3/c1-15(2)7-6-14(17)12(10-16)13(15)9-11-5-3-4-8-18-11/h3-8,10-11,13,17H,9H2,1-2H3. The highest BCUT2D eigenvalue weighted by Gasteiger charge is 2.36. The van der Waals surface area contributed by atoms with Crippen LogP contribution in [0.15, 0.2) is 48.0 Å². The number of aliphatic hydroxyl groups excluding tert-OH is 1. The van der Waals surface area contributed by atoms with Gasteiger partial charge in [0.05, 0.1) is 6.26 Å². The number of ether oxygens (including phenoxy) is 1. The van der Waals surface area contributed by atoms with Crippen LogP contribution in [0.2, 0.25) is 0 Å². The molecule has 96 valence electrons. The molecule has 2 unspecified atom stereocenters. The Hall–Kier alpha value is -1.77. The molecule has 18 heavy (non-hydrogen) atoms. The lowest BCUT2D eigenvalue weighted by Crippen LogP contribution is -2.31. The molecule has 2 aliphatic rings. The van der Waals surface area contributed by atoms with Crippen LogP contribution in [-0.4, -0.2) is 17.5 Å². The van der Waals surface area contributed by atoms with Crippen LogP contribution in [0.5, 0.6) is 0 Å². The average molecular weight is 246 g/mol. The Bertz CT molecular complexity index is 452. The summed E-state index contributed by atoms with van der Waals surface area (Å²) in [7, 11) is 0. The summed E-state index contributed by atoms with van der Waals surface area (Å²) in [4.78, 5) is 11.2. The zero-order valence-electron chi connectivity index (χ0n) is 10.7. The molecule has 0 aromatic heterocycles. The Morgan fingerprint density at radius 1 is 1.44 bits per heavy atom. The minimum absolute atomic E-state index is 0.0406. The average Bonchev–Trinajstić information content (AvgIpc) is 2.36. The summed E-state index contributed by atoms with van der Waals surface area (Å²) in [5, 5.41) is 9.79. The zero-order valence-corrected chi connectivity index (χ0v) is 10.7. The molecule has 3 nitrogen and oxygen atoms in total. The van der Waals surface area contributed by atoms with Gasteiger partial charge in [-0.15, -0.1) is 0 Å². The Morgan fingerprint density at radius 3 is 2.83 bits per heavy atom. The van der Waals surface area contributed by atoms with E-state index in [1.807, 2.05) is 24.3 Å². The van der Waals surface area contributed by atoms with E-state index in [0.717, 1.165) is 6.29 Å². The molecule has 0 fully saturated rings. The number of aldehydes is 1. The number of allylic oxidation sites excluding steroid dienone is 5. The van der Waals surface area contributed by atoms with E-state index in [2.05, 4.69) is 13.8 Å². The van der Waals surface area contributed by atoms with Gasteiger partial charge in [-0.25, -0.2) is 0 Å². The van der Waals surface area contributed by atoms with E-state index in [9.17, 15) is 9.90 Å². The second-order valence-corrected chi connectivity index (χ2v) is 5.29. The van der Waals surface area contributed by atoms with Crippen LogP contribution < -0.4 is 0 Å². The van der Waals surface area contributed by atoms with Crippen molar-refractivity contribution in [2.24, 2.45) is 11.3 Å². The van der Waals surface area contributed by atoms with E-state index < -0.39 is 0 Å². The summed E-state index contributed by atoms with van der Waals surface area (Å²) in [6, 6.07) is 0. The summed E-state index contributed by atoms with van der Waals surface area (Å²) in [6.07, 6.45) is 12.3. The monoisotopic (exact) mass is 246 g/mol. The van der Waals surface area contributed by atoms with Crippen LogP contribution in [0.3, 0.4) is 0 Å². The second kappa shape index (κ2) is 4.84. The lowest BCUT2D eigenvalue weighted by Gasteiger charge is -2.36. The number of hydrogen-bond donors (Lipinski definition) is 1. The fraction of sp³-hybridized carbons (Fsp3) is 0.400. The Kier molecular flexibility index (Phi) is 3.41. The first-order valence-electron chi connectivity index (χ1n) is 6.11. The molecular weight excluding hydrogens is 228 g/mol. The van der Waals surface area contributed by atoms with Gasteiger partial charge in [-0.1, -0.05) is 26.0 Å². The molecule has 3 heteroatoms. The summed E-state index contributed by atoms with van der Waals surface area (Å²) >= 11 is 0. The quantitative estimate of drug-likeness (QED) is 0.778. The van der Waals surface area contributed by atoms with Crippen LogP contribution >= 0.6 is 0 Å². The molecule has 0 bridgehead atoms. The smallest absolute Gasteiger partial charge is 0.150 e. The van der Waals surface area contributed by atoms with Crippen molar-refractivity contribution < 1.29 is 14.6 Å². The lowest BCUT2D eigenvalue weighted by molar-refractivity contribution is -0.106. The molecule has 0 amide bonds. The van der Waals surface area contributed by atoms with Crippen LogP contribution in [0.4, 0.5) is 0 Å². The fourth-order valence-corrected chi connectivity index (χ4v) is 2.45. The number of rotatable bonds is 3. The van der Waals surface area contributed by atoms with Gasteiger partial charge in [0.1, 0.15) is 18.1 Å². The summed E-state index contributed by atoms with van der Waals surface area (Å²) in [5.74, 6) is 0.0332. The van der Waals surface area contributed by atoms with Crippen molar-refractivity contribution in [3.8, 4) is 0 Å². The van der Waals surface area contributed by atoms with Crippen molar-refractivity contribution in [3.63, 3.8) is 0 Å². The normalized spacial score (nSPS) is 29.2. The van der Waals surface area contributed by atoms with Crippen LogP contribution in [0, 0.1) is 11.3 Å². The highest BCUT2D eigenvalue weighted by Crippen LogP contribution is 2.41. The Labute approximate surface area is 107 Å². The van der Waals surface area contributed by atoms with E-state index in [4.69, 9.17) is 4.74 Å². The zero-order chi connectivity index (χ0) is 13.2. The molecular formula is C15H18O3. The number of carbonyl (C=O) groups is 1. The first-order valence-corrected chi connectivity index (χ1v) is 6.11. The first-order chi connectivity index (χ1) is 8.54. The number of carbonyl (C=O) groups excluding carboxylic acids is 1. The number of hydrogen-bond acceptors (Lipinski definition) is 3. The molecule has 0 spiro atoms. The van der Waals surface area contributed by atoms with Gasteiger partial charge in [-0.2, -0.15) is 0 Å². The topological polar surface area (TPSA) is 46.5 Å². The van der Waals surface area contributed by atoms with Gasteiger partial charge in [0.25, 0.3) is 0 Å². The summed E-state index contributed by atoms with van der Waals surface area (Å²) in [5.41, 5.74) is 0.301. The minimum Gasteiger partial charge on any atom is -0.508 e. The Morgan fingerprint density at radius 2 is 2.22 bits per heavy atom. The molecule has 0 saturated carbocycles. The maximum Gasteiger partial charge on any atom is 0.150 e. The predicted molar refractivity (Wildman–Crippen MR) is 69.9 cm³/mol. The molecule has 0 aromatic carbocycles. The largest absolute Gasteiger partial charge is 0.508 e. The third-order valence-corrected chi connectivity index (χ3v) is 3.60. The highest BCUT2D eigenvalue weighted by molar-refractivity contribution is 5.76. The van der Waals surface area contributed by atoms with Crippen molar-refractivity contribution in [3.05, 3.63) is 48.0 Å². The predicted octanol–water partition coefficient (Wildman–Crippen LogP) is 3.07. The molecule has 1 aliphatic carbocycles. The van der Waals surface area contributed by atoms with Crippen LogP contribution in [-0.2, 0) is 9.53 Å². The highest BCUT2D eigenvalue weighted by atomic mass is 16.5. The van der Waals surface area contributed by atoms with E-state index >= 15 is 0 Å². The molecule has 1 N–H and O–H groups in total. The van der Waals surface area contributed by atoms with Crippen molar-refractivity contribution in [1.82, 2.24) is 0 Å². The van der Waals surface area contributed by atoms with Gasteiger partial charge in [0, 0.05) is 11.5 Å². The second-order valence-electron chi connectivity index (χ2n) is 5.29. The molecule has 0 radical (unpaired) electrons. The van der Waals surface area contributed by atoms with E-state index in [1.165, 1.54) is 0 Å². The van der Waals surface area contributed by atoms with Crippen molar-refractivity contribution in [2.75, 3.05) is 0 Å². The molecule has 2 atom stereocenters. The lowest BCUT2D eigenvalue weighted by atomic mass is 9.69. The molecule has 0 aromatic rings. The number of aliphatic hydroxyl groups is 1. The van der Waals surface area contributed by atoms with Gasteiger partial charge in [-0.3, -0.25) is 4.79 Å². The molecule has 1 aliphatic heterocycles. The van der Waals surface area contributed by atoms with Gasteiger partial charge in [-0.05, 0) is 30.1 Å². The van der Waals surface area contributed by atoms with Crippen molar-refractivity contribution >= 4 is 6.29 Å². The van der Waals surface area contributed by atoms with E-state index in [0.29, 0.717) is 12.0 Å². The maximum atomic E-state index is 11.2. The first kappa shape index (κ1) is 12.7. The Balaban J connectivity index is 2.22.